The maximum Gasteiger partial charge on any atom is 0.330 e. The second-order valence-electron chi connectivity index (χ2n) is 8.85. The number of nitrogens with one attached hydrogen (secondary N) is 1. The van der Waals surface area contributed by atoms with E-state index in [-0.39, 0.29) is 35.9 Å². The maximum atomic E-state index is 13.4. The van der Waals surface area contributed by atoms with Gasteiger partial charge in [-0.2, -0.15) is 0 Å². The Morgan fingerprint density at radius 1 is 1.03 bits per heavy atom. The van der Waals surface area contributed by atoms with Crippen LogP contribution in [0.4, 0.5) is 11.5 Å². The number of rotatable bonds is 6. The Kier molecular flexibility index (Phi) is 6.67. The summed E-state index contributed by atoms with van der Waals surface area (Å²) in [7, 11) is 0. The van der Waals surface area contributed by atoms with Crippen molar-refractivity contribution in [3.63, 3.8) is 0 Å². The lowest BCUT2D eigenvalue weighted by Gasteiger charge is -2.25. The van der Waals surface area contributed by atoms with Gasteiger partial charge in [-0.15, -0.1) is 0 Å². The van der Waals surface area contributed by atoms with Crippen molar-refractivity contribution < 1.29 is 4.79 Å². The Morgan fingerprint density at radius 2 is 1.66 bits per heavy atom. The minimum Gasteiger partial charge on any atom is -0.383 e. The molecule has 3 rings (SSSR count). The Labute approximate surface area is 187 Å². The standard InChI is InChI=1S/C25H30N4O3/c1-5-15-28(23(31)18-11-13-19(14-12-18)25(2,3)4)20-21(26)29(24(32)27-22(20)30)16-17-9-7-6-8-10-17/h6-14H,5,15-16,26H2,1-4H3,(H,27,30,32). The average molecular weight is 435 g/mol. The Morgan fingerprint density at radius 3 is 2.22 bits per heavy atom. The number of carbonyl (C=O) groups excluding carboxylic acids is 1. The fraction of sp³-hybridized carbons (Fsp3) is 0.320. The molecule has 0 unspecified atom stereocenters. The number of hydrogen-bond acceptors (Lipinski definition) is 4. The number of benzene rings is 2. The maximum absolute atomic E-state index is 13.4. The number of hydrogen-bond donors (Lipinski definition) is 2. The first-order chi connectivity index (χ1) is 15.1. The highest BCUT2D eigenvalue weighted by atomic mass is 16.2. The van der Waals surface area contributed by atoms with Gasteiger partial charge in [0, 0.05) is 12.1 Å². The molecule has 0 spiro atoms. The third-order valence-electron chi connectivity index (χ3n) is 5.36. The first kappa shape index (κ1) is 23.1. The summed E-state index contributed by atoms with van der Waals surface area (Å²) in [5, 5.41) is 0. The molecule has 1 amide bonds. The van der Waals surface area contributed by atoms with Crippen LogP contribution in [0.3, 0.4) is 0 Å². The van der Waals surface area contributed by atoms with E-state index < -0.39 is 11.2 Å². The van der Waals surface area contributed by atoms with Crippen LogP contribution in [0.1, 0.15) is 55.6 Å². The zero-order valence-corrected chi connectivity index (χ0v) is 19.0. The predicted molar refractivity (Wildman–Crippen MR) is 128 cm³/mol. The Bertz CT molecular complexity index is 1200. The van der Waals surface area contributed by atoms with Crippen LogP contribution in [0.15, 0.2) is 64.2 Å². The molecule has 168 valence electrons. The van der Waals surface area contributed by atoms with Gasteiger partial charge in [-0.25, -0.2) is 4.79 Å². The first-order valence-electron chi connectivity index (χ1n) is 10.7. The quantitative estimate of drug-likeness (QED) is 0.620. The summed E-state index contributed by atoms with van der Waals surface area (Å²) in [6.45, 7) is 8.68. The number of nitrogens with two attached hydrogens (primary N) is 1. The average Bonchev–Trinajstić information content (AvgIpc) is 2.75. The fourth-order valence-corrected chi connectivity index (χ4v) is 3.57. The van der Waals surface area contributed by atoms with Gasteiger partial charge in [0.05, 0.1) is 6.54 Å². The number of H-pyrrole nitrogens is 1. The summed E-state index contributed by atoms with van der Waals surface area (Å²) in [4.78, 5) is 42.3. The van der Waals surface area contributed by atoms with Crippen LogP contribution in [0, 0.1) is 0 Å². The zero-order valence-electron chi connectivity index (χ0n) is 19.0. The van der Waals surface area contributed by atoms with Gasteiger partial charge < -0.3 is 10.6 Å². The van der Waals surface area contributed by atoms with Crippen molar-refractivity contribution in [1.82, 2.24) is 9.55 Å². The zero-order chi connectivity index (χ0) is 23.5. The van der Waals surface area contributed by atoms with Crippen LogP contribution in [0.2, 0.25) is 0 Å². The molecule has 3 aromatic rings. The van der Waals surface area contributed by atoms with Crippen LogP contribution < -0.4 is 21.9 Å². The molecule has 0 atom stereocenters. The van der Waals surface area contributed by atoms with Crippen molar-refractivity contribution >= 4 is 17.4 Å². The van der Waals surface area contributed by atoms with Gasteiger partial charge in [-0.1, -0.05) is 70.2 Å². The van der Waals surface area contributed by atoms with Crippen molar-refractivity contribution in [1.29, 1.82) is 0 Å². The number of nitrogens with zero attached hydrogens (tertiary/aromatic N) is 2. The minimum absolute atomic E-state index is 0.00715. The lowest BCUT2D eigenvalue weighted by molar-refractivity contribution is 0.0986. The second-order valence-corrected chi connectivity index (χ2v) is 8.85. The summed E-state index contributed by atoms with van der Waals surface area (Å²) < 4.78 is 1.28. The van der Waals surface area contributed by atoms with Crippen LogP contribution in [-0.2, 0) is 12.0 Å². The van der Waals surface area contributed by atoms with Crippen molar-refractivity contribution in [3.05, 3.63) is 92.1 Å². The van der Waals surface area contributed by atoms with E-state index in [0.29, 0.717) is 12.0 Å². The highest BCUT2D eigenvalue weighted by molar-refractivity contribution is 6.07. The highest BCUT2D eigenvalue weighted by Gasteiger charge is 2.25. The third-order valence-corrected chi connectivity index (χ3v) is 5.36. The number of amides is 1. The smallest absolute Gasteiger partial charge is 0.330 e. The fourth-order valence-electron chi connectivity index (χ4n) is 3.57. The molecule has 7 nitrogen and oxygen atoms in total. The molecule has 1 heterocycles. The second kappa shape index (κ2) is 9.26. The van der Waals surface area contributed by atoms with Gasteiger partial charge in [-0.3, -0.25) is 19.1 Å². The number of carbonyl (C=O) groups is 1. The van der Waals surface area contributed by atoms with E-state index >= 15 is 0 Å². The van der Waals surface area contributed by atoms with Crippen LogP contribution in [-0.4, -0.2) is 22.0 Å². The molecule has 3 N–H and O–H groups in total. The molecular formula is C25H30N4O3. The van der Waals surface area contributed by atoms with Crippen molar-refractivity contribution in [3.8, 4) is 0 Å². The molecular weight excluding hydrogens is 404 g/mol. The van der Waals surface area contributed by atoms with E-state index in [4.69, 9.17) is 5.73 Å². The van der Waals surface area contributed by atoms with E-state index in [2.05, 4.69) is 25.8 Å². The minimum atomic E-state index is -0.676. The lowest BCUT2D eigenvalue weighted by atomic mass is 9.86. The van der Waals surface area contributed by atoms with Gasteiger partial charge >= 0.3 is 5.69 Å². The Hall–Kier alpha value is -3.61. The first-order valence-corrected chi connectivity index (χ1v) is 10.7. The molecule has 1 aromatic heterocycles. The molecule has 0 aliphatic heterocycles. The van der Waals surface area contributed by atoms with Crippen LogP contribution in [0.25, 0.3) is 0 Å². The van der Waals surface area contributed by atoms with Gasteiger partial charge in [0.15, 0.2) is 5.69 Å². The van der Waals surface area contributed by atoms with E-state index in [1.165, 1.54) is 9.47 Å². The molecule has 7 heteroatoms. The summed E-state index contributed by atoms with van der Waals surface area (Å²) in [5.74, 6) is -0.370. The molecule has 0 aliphatic rings. The summed E-state index contributed by atoms with van der Waals surface area (Å²) in [6, 6.07) is 16.7. The number of aromatic nitrogens is 2. The van der Waals surface area contributed by atoms with Crippen LogP contribution in [0.5, 0.6) is 0 Å². The van der Waals surface area contributed by atoms with Gasteiger partial charge in [-0.05, 0) is 35.1 Å². The molecule has 0 radical (unpaired) electrons. The van der Waals surface area contributed by atoms with E-state index in [1.807, 2.05) is 49.4 Å². The number of anilines is 2. The molecule has 0 fully saturated rings. The Balaban J connectivity index is 2.05. The normalized spacial score (nSPS) is 11.4. The predicted octanol–water partition coefficient (Wildman–Crippen LogP) is 3.52. The molecule has 2 aromatic carbocycles. The van der Waals surface area contributed by atoms with Crippen LogP contribution >= 0.6 is 0 Å². The molecule has 0 saturated heterocycles. The van der Waals surface area contributed by atoms with E-state index in [1.54, 1.807) is 12.1 Å². The highest BCUT2D eigenvalue weighted by Crippen LogP contribution is 2.24. The SMILES string of the molecule is CCCN(C(=O)c1ccc(C(C)(C)C)cc1)c1c(N)n(Cc2ccccc2)c(=O)[nH]c1=O. The van der Waals surface area contributed by atoms with E-state index in [9.17, 15) is 14.4 Å². The van der Waals surface area contributed by atoms with Gasteiger partial charge in [0.2, 0.25) is 0 Å². The summed E-state index contributed by atoms with van der Waals surface area (Å²) in [5.41, 5.74) is 7.38. The summed E-state index contributed by atoms with van der Waals surface area (Å²) in [6.07, 6.45) is 0.614. The monoisotopic (exact) mass is 434 g/mol. The third kappa shape index (κ3) is 4.82. The number of aromatic amines is 1. The molecule has 0 aliphatic carbocycles. The molecule has 0 bridgehead atoms. The molecule has 32 heavy (non-hydrogen) atoms. The van der Waals surface area contributed by atoms with E-state index in [0.717, 1.165) is 11.1 Å². The topological polar surface area (TPSA) is 101 Å². The summed E-state index contributed by atoms with van der Waals surface area (Å²) >= 11 is 0. The van der Waals surface area contributed by atoms with Crippen molar-refractivity contribution in [2.45, 2.75) is 46.1 Å². The van der Waals surface area contributed by atoms with Gasteiger partial charge in [0.25, 0.3) is 11.5 Å². The lowest BCUT2D eigenvalue weighted by Crippen LogP contribution is -2.41. The van der Waals surface area contributed by atoms with Gasteiger partial charge in [0.1, 0.15) is 5.82 Å². The number of nitrogen functional groups attached to an aromatic ring is 1. The largest absolute Gasteiger partial charge is 0.383 e. The molecule has 0 saturated carbocycles. The van der Waals surface area contributed by atoms with Crippen molar-refractivity contribution in [2.75, 3.05) is 17.2 Å². The van der Waals surface area contributed by atoms with Crippen molar-refractivity contribution in [2.24, 2.45) is 0 Å².